The van der Waals surface area contributed by atoms with Crippen molar-refractivity contribution in [3.05, 3.63) is 70.8 Å². The maximum atomic E-state index is 12.1. The zero-order valence-electron chi connectivity index (χ0n) is 16.3. The quantitative estimate of drug-likeness (QED) is 0.725. The van der Waals surface area contributed by atoms with Crippen molar-refractivity contribution in [2.75, 3.05) is 7.05 Å². The minimum absolute atomic E-state index is 0.155. The van der Waals surface area contributed by atoms with Gasteiger partial charge in [0, 0.05) is 42.2 Å². The van der Waals surface area contributed by atoms with E-state index >= 15 is 0 Å². The molecule has 0 saturated heterocycles. The van der Waals surface area contributed by atoms with E-state index in [1.165, 1.54) is 43.7 Å². The number of pyridine rings is 1. The van der Waals surface area contributed by atoms with Gasteiger partial charge in [-0.3, -0.25) is 14.7 Å². The number of nitrogens with one attached hydrogen (secondary N) is 1. The molecule has 1 fully saturated rings. The van der Waals surface area contributed by atoms with E-state index in [-0.39, 0.29) is 5.56 Å². The largest absolute Gasteiger partial charge is 0.306 e. The summed E-state index contributed by atoms with van der Waals surface area (Å²) in [6.45, 7) is 0.950. The molecular formula is C23H26N4O. The molecule has 0 amide bonds. The monoisotopic (exact) mass is 374 g/mol. The Kier molecular flexibility index (Phi) is 5.63. The van der Waals surface area contributed by atoms with Crippen molar-refractivity contribution in [3.8, 4) is 22.6 Å². The van der Waals surface area contributed by atoms with Gasteiger partial charge < -0.3 is 4.98 Å². The van der Waals surface area contributed by atoms with Gasteiger partial charge in [-0.15, -0.1) is 0 Å². The Morgan fingerprint density at radius 2 is 1.71 bits per heavy atom. The third-order valence-electron chi connectivity index (χ3n) is 5.58. The molecule has 28 heavy (non-hydrogen) atoms. The van der Waals surface area contributed by atoms with Gasteiger partial charge in [0.1, 0.15) is 5.82 Å². The van der Waals surface area contributed by atoms with E-state index in [1.807, 2.05) is 24.3 Å². The molecule has 1 N–H and O–H groups in total. The Hall–Kier alpha value is -2.79. The van der Waals surface area contributed by atoms with Crippen LogP contribution in [0.3, 0.4) is 0 Å². The number of benzene rings is 1. The van der Waals surface area contributed by atoms with Gasteiger partial charge in [0.05, 0.1) is 5.69 Å². The average Bonchev–Trinajstić information content (AvgIpc) is 2.75. The number of rotatable bonds is 5. The molecule has 0 atom stereocenters. The Bertz CT molecular complexity index is 960. The van der Waals surface area contributed by atoms with Crippen molar-refractivity contribution >= 4 is 0 Å². The minimum Gasteiger partial charge on any atom is -0.306 e. The normalized spacial score (nSPS) is 15.1. The minimum atomic E-state index is -0.155. The van der Waals surface area contributed by atoms with Crippen LogP contribution in [0.15, 0.2) is 59.7 Å². The Morgan fingerprint density at radius 1 is 1.00 bits per heavy atom. The van der Waals surface area contributed by atoms with E-state index in [0.717, 1.165) is 17.7 Å². The highest BCUT2D eigenvalue weighted by atomic mass is 16.1. The first kappa shape index (κ1) is 18.6. The number of aromatic amines is 1. The summed E-state index contributed by atoms with van der Waals surface area (Å²) in [7, 11) is 2.22. The van der Waals surface area contributed by atoms with Gasteiger partial charge in [0.2, 0.25) is 0 Å². The van der Waals surface area contributed by atoms with Crippen molar-refractivity contribution in [1.29, 1.82) is 0 Å². The average molecular weight is 374 g/mol. The third kappa shape index (κ3) is 4.37. The molecule has 0 unspecified atom stereocenters. The van der Waals surface area contributed by atoms with E-state index in [0.29, 0.717) is 17.6 Å². The molecule has 1 aliphatic carbocycles. The van der Waals surface area contributed by atoms with Crippen LogP contribution in [0.25, 0.3) is 22.6 Å². The van der Waals surface area contributed by atoms with Gasteiger partial charge in [-0.2, -0.15) is 0 Å². The van der Waals surface area contributed by atoms with Crippen molar-refractivity contribution in [1.82, 2.24) is 19.9 Å². The standard InChI is InChI=1S/C23H26N4O/c1-27(20-5-3-2-4-6-20)16-17-7-9-19(10-8-17)23-25-21(15-22(28)26-23)18-11-13-24-14-12-18/h7-15,20H,2-6,16H2,1H3,(H,25,26,28). The topological polar surface area (TPSA) is 61.9 Å². The van der Waals surface area contributed by atoms with Crippen LogP contribution >= 0.6 is 0 Å². The highest BCUT2D eigenvalue weighted by Gasteiger charge is 2.18. The van der Waals surface area contributed by atoms with Crippen LogP contribution in [0, 0.1) is 0 Å². The van der Waals surface area contributed by atoms with E-state index in [9.17, 15) is 4.79 Å². The van der Waals surface area contributed by atoms with E-state index in [4.69, 9.17) is 0 Å². The van der Waals surface area contributed by atoms with Crippen molar-refractivity contribution in [2.45, 2.75) is 44.7 Å². The lowest BCUT2D eigenvalue weighted by Gasteiger charge is -2.31. The SMILES string of the molecule is CN(Cc1ccc(-c2nc(-c3ccncc3)cc(=O)[nH]2)cc1)C1CCCCC1. The fourth-order valence-electron chi connectivity index (χ4n) is 3.97. The maximum Gasteiger partial charge on any atom is 0.251 e. The number of nitrogens with zero attached hydrogens (tertiary/aromatic N) is 3. The van der Waals surface area contributed by atoms with Crippen LogP contribution in [0.4, 0.5) is 0 Å². The van der Waals surface area contributed by atoms with Crippen LogP contribution in [-0.2, 0) is 6.54 Å². The third-order valence-corrected chi connectivity index (χ3v) is 5.58. The predicted octanol–water partition coefficient (Wildman–Crippen LogP) is 4.26. The molecular weight excluding hydrogens is 348 g/mol. The summed E-state index contributed by atoms with van der Waals surface area (Å²) in [4.78, 5) is 26.1. The summed E-state index contributed by atoms with van der Waals surface area (Å²) in [5.74, 6) is 0.589. The zero-order chi connectivity index (χ0) is 19.3. The van der Waals surface area contributed by atoms with Crippen molar-refractivity contribution in [3.63, 3.8) is 0 Å². The van der Waals surface area contributed by atoms with Gasteiger partial charge in [0.15, 0.2) is 0 Å². The summed E-state index contributed by atoms with van der Waals surface area (Å²) in [6, 6.07) is 14.3. The zero-order valence-corrected chi connectivity index (χ0v) is 16.3. The summed E-state index contributed by atoms with van der Waals surface area (Å²) in [6.07, 6.45) is 10.1. The smallest absolute Gasteiger partial charge is 0.251 e. The second kappa shape index (κ2) is 8.48. The van der Waals surface area contributed by atoms with E-state index < -0.39 is 0 Å². The van der Waals surface area contributed by atoms with Gasteiger partial charge in [0.25, 0.3) is 5.56 Å². The summed E-state index contributed by atoms with van der Waals surface area (Å²) in [5.41, 5.74) is 3.58. The summed E-state index contributed by atoms with van der Waals surface area (Å²) >= 11 is 0. The molecule has 2 aromatic heterocycles. The first-order valence-electron chi connectivity index (χ1n) is 10.0. The Morgan fingerprint density at radius 3 is 2.43 bits per heavy atom. The maximum absolute atomic E-state index is 12.1. The molecule has 0 bridgehead atoms. The van der Waals surface area contributed by atoms with Gasteiger partial charge >= 0.3 is 0 Å². The molecule has 5 nitrogen and oxygen atoms in total. The Labute approximate surface area is 165 Å². The molecule has 1 aromatic carbocycles. The molecule has 144 valence electrons. The fraction of sp³-hybridized carbons (Fsp3) is 0.348. The lowest BCUT2D eigenvalue weighted by Crippen LogP contribution is -2.32. The number of H-pyrrole nitrogens is 1. The number of aromatic nitrogens is 3. The van der Waals surface area contributed by atoms with E-state index in [2.05, 4.69) is 39.0 Å². The van der Waals surface area contributed by atoms with Crippen molar-refractivity contribution < 1.29 is 0 Å². The molecule has 1 saturated carbocycles. The van der Waals surface area contributed by atoms with Crippen LogP contribution in [0.2, 0.25) is 0 Å². The van der Waals surface area contributed by atoms with Crippen LogP contribution in [0.5, 0.6) is 0 Å². The van der Waals surface area contributed by atoms with Gasteiger partial charge in [-0.25, -0.2) is 4.98 Å². The lowest BCUT2D eigenvalue weighted by molar-refractivity contribution is 0.184. The number of hydrogen-bond donors (Lipinski definition) is 1. The first-order chi connectivity index (χ1) is 13.7. The van der Waals surface area contributed by atoms with Crippen LogP contribution < -0.4 is 5.56 Å². The molecule has 0 aliphatic heterocycles. The molecule has 4 rings (SSSR count). The van der Waals surface area contributed by atoms with Crippen molar-refractivity contribution in [2.24, 2.45) is 0 Å². The fourth-order valence-corrected chi connectivity index (χ4v) is 3.97. The highest BCUT2D eigenvalue weighted by Crippen LogP contribution is 2.24. The second-order valence-corrected chi connectivity index (χ2v) is 7.62. The number of hydrogen-bond acceptors (Lipinski definition) is 4. The second-order valence-electron chi connectivity index (χ2n) is 7.62. The molecule has 1 aliphatic rings. The highest BCUT2D eigenvalue weighted by molar-refractivity contribution is 5.63. The summed E-state index contributed by atoms with van der Waals surface area (Å²) in [5, 5.41) is 0. The molecule has 5 heteroatoms. The van der Waals surface area contributed by atoms with Crippen LogP contribution in [0.1, 0.15) is 37.7 Å². The lowest BCUT2D eigenvalue weighted by atomic mass is 9.94. The summed E-state index contributed by atoms with van der Waals surface area (Å²) < 4.78 is 0. The molecule has 3 aromatic rings. The van der Waals surface area contributed by atoms with Crippen LogP contribution in [-0.4, -0.2) is 32.9 Å². The van der Waals surface area contributed by atoms with E-state index in [1.54, 1.807) is 12.4 Å². The van der Waals surface area contributed by atoms with Gasteiger partial charge in [-0.1, -0.05) is 43.5 Å². The molecule has 0 radical (unpaired) electrons. The van der Waals surface area contributed by atoms with Gasteiger partial charge in [-0.05, 0) is 37.6 Å². The molecule has 2 heterocycles. The Balaban J connectivity index is 1.52. The first-order valence-corrected chi connectivity index (χ1v) is 10.0. The molecule has 0 spiro atoms. The predicted molar refractivity (Wildman–Crippen MR) is 112 cm³/mol.